The van der Waals surface area contributed by atoms with Crippen molar-refractivity contribution in [3.8, 4) is 0 Å². The van der Waals surface area contributed by atoms with E-state index in [0.717, 1.165) is 17.0 Å². The molecule has 0 saturated carbocycles. The summed E-state index contributed by atoms with van der Waals surface area (Å²) in [6.07, 6.45) is 2.05. The number of aryl methyl sites for hydroxylation is 1. The smallest absolute Gasteiger partial charge is 0.262 e. The summed E-state index contributed by atoms with van der Waals surface area (Å²) in [5, 5.41) is 9.48. The van der Waals surface area contributed by atoms with Gasteiger partial charge in [-0.1, -0.05) is 24.3 Å². The number of benzene rings is 1. The van der Waals surface area contributed by atoms with Crippen LogP contribution in [0.15, 0.2) is 68.5 Å². The largest absolute Gasteiger partial charge is 0.442 e. The van der Waals surface area contributed by atoms with Gasteiger partial charge in [0.1, 0.15) is 11.1 Å². The minimum atomic E-state index is -0.208. The van der Waals surface area contributed by atoms with Crippen molar-refractivity contribution in [2.75, 3.05) is 5.01 Å². The average Bonchev–Trinajstić information content (AvgIpc) is 3.40. The summed E-state index contributed by atoms with van der Waals surface area (Å²) in [5.74, 6) is 0.660. The van der Waals surface area contributed by atoms with Gasteiger partial charge in [0.15, 0.2) is 0 Å². The standard InChI is InChI=1S/C20H16N4O2S/c1-12-17(18-19(25)21-11-22-20(18)26-12)14-10-15(16-8-5-9-27-16)24(23-14)13-6-3-2-4-7-13/h2-9,11,15H,10H2,1H3,(H,21,22,25). The molecule has 134 valence electrons. The number of anilines is 1. The van der Waals surface area contributed by atoms with E-state index in [0.29, 0.717) is 23.3 Å². The predicted octanol–water partition coefficient (Wildman–Crippen LogP) is 4.24. The van der Waals surface area contributed by atoms with Crippen molar-refractivity contribution in [1.29, 1.82) is 0 Å². The Morgan fingerprint density at radius 3 is 2.85 bits per heavy atom. The quantitative estimate of drug-likeness (QED) is 0.580. The highest BCUT2D eigenvalue weighted by molar-refractivity contribution is 7.10. The average molecular weight is 376 g/mol. The van der Waals surface area contributed by atoms with Crippen LogP contribution in [0.25, 0.3) is 11.1 Å². The number of hydrogen-bond donors (Lipinski definition) is 1. The number of hydrogen-bond acceptors (Lipinski definition) is 6. The normalized spacial score (nSPS) is 16.9. The van der Waals surface area contributed by atoms with Gasteiger partial charge in [0, 0.05) is 11.3 Å². The van der Waals surface area contributed by atoms with E-state index >= 15 is 0 Å². The molecule has 0 fully saturated rings. The molecule has 0 amide bonds. The first kappa shape index (κ1) is 16.0. The van der Waals surface area contributed by atoms with Crippen LogP contribution in [-0.2, 0) is 0 Å². The van der Waals surface area contributed by atoms with E-state index in [2.05, 4.69) is 21.4 Å². The second kappa shape index (κ2) is 6.21. The highest BCUT2D eigenvalue weighted by atomic mass is 32.1. The zero-order chi connectivity index (χ0) is 18.4. The maximum atomic E-state index is 12.4. The molecule has 5 rings (SSSR count). The van der Waals surface area contributed by atoms with Crippen LogP contribution in [0.4, 0.5) is 5.69 Å². The van der Waals surface area contributed by atoms with Gasteiger partial charge in [0.2, 0.25) is 5.71 Å². The van der Waals surface area contributed by atoms with Gasteiger partial charge >= 0.3 is 0 Å². The lowest BCUT2D eigenvalue weighted by Crippen LogP contribution is -2.17. The lowest BCUT2D eigenvalue weighted by atomic mass is 10.0. The Morgan fingerprint density at radius 1 is 1.22 bits per heavy atom. The van der Waals surface area contributed by atoms with Crippen LogP contribution in [0.2, 0.25) is 0 Å². The molecule has 0 bridgehead atoms. The monoisotopic (exact) mass is 376 g/mol. The third-order valence-electron chi connectivity index (χ3n) is 4.76. The highest BCUT2D eigenvalue weighted by Gasteiger charge is 2.33. The van der Waals surface area contributed by atoms with Gasteiger partial charge in [-0.05, 0) is 30.5 Å². The topological polar surface area (TPSA) is 74.5 Å². The molecule has 1 unspecified atom stereocenters. The van der Waals surface area contributed by atoms with E-state index in [-0.39, 0.29) is 11.6 Å². The molecular weight excluding hydrogens is 360 g/mol. The summed E-state index contributed by atoms with van der Waals surface area (Å²) in [5.41, 5.74) is 2.75. The van der Waals surface area contributed by atoms with Gasteiger partial charge < -0.3 is 9.40 Å². The molecule has 27 heavy (non-hydrogen) atoms. The molecular formula is C20H16N4O2S. The van der Waals surface area contributed by atoms with Gasteiger partial charge in [-0.2, -0.15) is 5.10 Å². The molecule has 7 heteroatoms. The number of nitrogens with zero attached hydrogens (tertiary/aromatic N) is 3. The Bertz CT molecular complexity index is 1190. The van der Waals surface area contributed by atoms with E-state index in [9.17, 15) is 4.79 Å². The van der Waals surface area contributed by atoms with E-state index in [4.69, 9.17) is 9.52 Å². The summed E-state index contributed by atoms with van der Waals surface area (Å²) in [7, 11) is 0. The molecule has 1 aliphatic rings. The van der Waals surface area contributed by atoms with E-state index in [1.54, 1.807) is 11.3 Å². The first-order valence-electron chi connectivity index (χ1n) is 8.64. The number of nitrogens with one attached hydrogen (secondary N) is 1. The number of aromatic amines is 1. The number of furan rings is 1. The Kier molecular flexibility index (Phi) is 3.68. The first-order valence-corrected chi connectivity index (χ1v) is 9.52. The minimum absolute atomic E-state index is 0.0857. The molecule has 4 aromatic rings. The van der Waals surface area contributed by atoms with Gasteiger partial charge in [0.05, 0.1) is 29.3 Å². The summed E-state index contributed by atoms with van der Waals surface area (Å²) in [6, 6.07) is 14.3. The maximum absolute atomic E-state index is 12.4. The van der Waals surface area contributed by atoms with Crippen LogP contribution < -0.4 is 10.6 Å². The van der Waals surface area contributed by atoms with Crippen molar-refractivity contribution in [3.63, 3.8) is 0 Å². The number of hydrazone groups is 1. The van der Waals surface area contributed by atoms with Crippen molar-refractivity contribution in [3.05, 3.63) is 80.7 Å². The number of aromatic nitrogens is 2. The fraction of sp³-hybridized carbons (Fsp3) is 0.150. The molecule has 1 aromatic carbocycles. The Labute approximate surface area is 158 Å². The molecule has 0 saturated heterocycles. The number of rotatable bonds is 3. The van der Waals surface area contributed by atoms with E-state index in [1.165, 1.54) is 11.2 Å². The third-order valence-corrected chi connectivity index (χ3v) is 5.74. The van der Waals surface area contributed by atoms with Crippen LogP contribution in [-0.4, -0.2) is 15.7 Å². The second-order valence-electron chi connectivity index (χ2n) is 6.41. The molecule has 6 nitrogen and oxygen atoms in total. The van der Waals surface area contributed by atoms with Crippen LogP contribution in [0.1, 0.15) is 28.7 Å². The summed E-state index contributed by atoms with van der Waals surface area (Å²) in [4.78, 5) is 20.4. The summed E-state index contributed by atoms with van der Waals surface area (Å²) < 4.78 is 5.73. The van der Waals surface area contributed by atoms with Gasteiger partial charge in [-0.15, -0.1) is 11.3 Å². The van der Waals surface area contributed by atoms with Crippen LogP contribution in [0, 0.1) is 6.92 Å². The number of thiophene rings is 1. The van der Waals surface area contributed by atoms with Crippen molar-refractivity contribution in [2.24, 2.45) is 5.10 Å². The number of H-pyrrole nitrogens is 1. The molecule has 0 radical (unpaired) electrons. The van der Waals surface area contributed by atoms with Crippen molar-refractivity contribution in [2.45, 2.75) is 19.4 Å². The number of fused-ring (bicyclic) bond motifs is 1. The fourth-order valence-corrected chi connectivity index (χ4v) is 4.40. The first-order chi connectivity index (χ1) is 13.2. The second-order valence-corrected chi connectivity index (χ2v) is 7.39. The lowest BCUT2D eigenvalue weighted by Gasteiger charge is -2.22. The third kappa shape index (κ3) is 2.59. The summed E-state index contributed by atoms with van der Waals surface area (Å²) in [6.45, 7) is 1.85. The zero-order valence-electron chi connectivity index (χ0n) is 14.5. The van der Waals surface area contributed by atoms with Gasteiger partial charge in [-0.3, -0.25) is 9.80 Å². The van der Waals surface area contributed by atoms with Crippen LogP contribution in [0.3, 0.4) is 0 Å². The molecule has 0 spiro atoms. The fourth-order valence-electron chi connectivity index (χ4n) is 3.58. The SMILES string of the molecule is Cc1oc2nc[nH]c(=O)c2c1C1=NN(c2ccccc2)C(c2cccs2)C1. The van der Waals surface area contributed by atoms with Crippen molar-refractivity contribution >= 4 is 33.8 Å². The lowest BCUT2D eigenvalue weighted by molar-refractivity contribution is 0.565. The molecule has 1 aliphatic heterocycles. The van der Waals surface area contributed by atoms with Gasteiger partial charge in [0.25, 0.3) is 5.56 Å². The predicted molar refractivity (Wildman–Crippen MR) is 107 cm³/mol. The Hall–Kier alpha value is -3.19. The van der Waals surface area contributed by atoms with Crippen molar-refractivity contribution < 1.29 is 4.42 Å². The van der Waals surface area contributed by atoms with E-state index in [1.807, 2.05) is 48.3 Å². The Balaban J connectivity index is 1.68. The Morgan fingerprint density at radius 2 is 2.07 bits per heavy atom. The van der Waals surface area contributed by atoms with Crippen LogP contribution >= 0.6 is 11.3 Å². The van der Waals surface area contributed by atoms with Crippen molar-refractivity contribution in [1.82, 2.24) is 9.97 Å². The van der Waals surface area contributed by atoms with Crippen LogP contribution in [0.5, 0.6) is 0 Å². The molecule has 4 heterocycles. The summed E-state index contributed by atoms with van der Waals surface area (Å²) >= 11 is 1.71. The molecule has 0 aliphatic carbocycles. The molecule has 1 atom stereocenters. The zero-order valence-corrected chi connectivity index (χ0v) is 15.4. The minimum Gasteiger partial charge on any atom is -0.442 e. The van der Waals surface area contributed by atoms with Gasteiger partial charge in [-0.25, -0.2) is 4.98 Å². The molecule has 3 aromatic heterocycles. The maximum Gasteiger partial charge on any atom is 0.262 e. The molecule has 1 N–H and O–H groups in total. The number of para-hydroxylation sites is 1. The highest BCUT2D eigenvalue weighted by Crippen LogP contribution is 2.39. The van der Waals surface area contributed by atoms with E-state index < -0.39 is 0 Å².